The summed E-state index contributed by atoms with van der Waals surface area (Å²) < 4.78 is 28.5. The van der Waals surface area contributed by atoms with Gasteiger partial charge >= 0.3 is 0 Å². The highest BCUT2D eigenvalue weighted by atomic mass is 79.9. The van der Waals surface area contributed by atoms with Crippen LogP contribution < -0.4 is 4.72 Å². The van der Waals surface area contributed by atoms with Gasteiger partial charge in [-0.05, 0) is 38.5 Å². The van der Waals surface area contributed by atoms with Gasteiger partial charge in [-0.25, -0.2) is 0 Å². The molecule has 0 aliphatic carbocycles. The van der Waals surface area contributed by atoms with Crippen LogP contribution in [0.1, 0.15) is 39.5 Å². The van der Waals surface area contributed by atoms with Gasteiger partial charge in [0, 0.05) is 24.5 Å². The molecule has 0 amide bonds. The van der Waals surface area contributed by atoms with Crippen LogP contribution in [0.4, 0.5) is 0 Å². The second-order valence-corrected chi connectivity index (χ2v) is 7.43. The lowest BCUT2D eigenvalue weighted by atomic mass is 10.0. The predicted molar refractivity (Wildman–Crippen MR) is 74.5 cm³/mol. The molecule has 0 aromatic carbocycles. The van der Waals surface area contributed by atoms with Crippen molar-refractivity contribution in [2.45, 2.75) is 45.6 Å². The van der Waals surface area contributed by atoms with Gasteiger partial charge < -0.3 is 0 Å². The SMILES string of the molecule is CC1CCN(S(=O)(=O)NC(C)CCCBr)CC1. The average Bonchev–Trinajstić information content (AvgIpc) is 2.26. The van der Waals surface area contributed by atoms with Crippen molar-refractivity contribution in [2.75, 3.05) is 18.4 Å². The maximum atomic E-state index is 12.1. The van der Waals surface area contributed by atoms with Crippen LogP contribution in [0.2, 0.25) is 0 Å². The van der Waals surface area contributed by atoms with Gasteiger partial charge in [0.1, 0.15) is 0 Å². The first-order chi connectivity index (χ1) is 7.95. The zero-order chi connectivity index (χ0) is 12.9. The van der Waals surface area contributed by atoms with Crippen molar-refractivity contribution in [3.8, 4) is 0 Å². The van der Waals surface area contributed by atoms with Gasteiger partial charge in [0.25, 0.3) is 10.2 Å². The highest BCUT2D eigenvalue weighted by Crippen LogP contribution is 2.18. The fraction of sp³-hybridized carbons (Fsp3) is 1.00. The van der Waals surface area contributed by atoms with Gasteiger partial charge in [0.2, 0.25) is 0 Å². The molecule has 1 fully saturated rings. The van der Waals surface area contributed by atoms with E-state index in [9.17, 15) is 8.42 Å². The van der Waals surface area contributed by atoms with Crippen LogP contribution in [0.3, 0.4) is 0 Å². The minimum atomic E-state index is -3.27. The van der Waals surface area contributed by atoms with Crippen LogP contribution >= 0.6 is 15.9 Å². The first kappa shape index (κ1) is 15.4. The Morgan fingerprint density at radius 1 is 1.41 bits per heavy atom. The predicted octanol–water partition coefficient (Wildman–Crippen LogP) is 2.12. The summed E-state index contributed by atoms with van der Waals surface area (Å²) in [6.45, 7) is 5.41. The molecule has 1 N–H and O–H groups in total. The van der Waals surface area contributed by atoms with E-state index in [-0.39, 0.29) is 6.04 Å². The number of hydrogen-bond donors (Lipinski definition) is 1. The number of halogens is 1. The molecule has 0 saturated carbocycles. The van der Waals surface area contributed by atoms with Crippen molar-refractivity contribution in [2.24, 2.45) is 5.92 Å². The van der Waals surface area contributed by atoms with Crippen molar-refractivity contribution < 1.29 is 8.42 Å². The molecule has 0 radical (unpaired) electrons. The summed E-state index contributed by atoms with van der Waals surface area (Å²) in [5.74, 6) is 0.646. The first-order valence-electron chi connectivity index (χ1n) is 6.29. The molecule has 0 spiro atoms. The molecular formula is C11H23BrN2O2S. The molecule has 1 rings (SSSR count). The number of piperidine rings is 1. The summed E-state index contributed by atoms with van der Waals surface area (Å²) >= 11 is 3.35. The zero-order valence-corrected chi connectivity index (χ0v) is 13.1. The van der Waals surface area contributed by atoms with Crippen molar-refractivity contribution in [3.05, 3.63) is 0 Å². The van der Waals surface area contributed by atoms with E-state index >= 15 is 0 Å². The third-order valence-electron chi connectivity index (χ3n) is 3.20. The Hall–Kier alpha value is 0.350. The summed E-state index contributed by atoms with van der Waals surface area (Å²) in [4.78, 5) is 0. The van der Waals surface area contributed by atoms with Crippen molar-refractivity contribution in [1.82, 2.24) is 9.03 Å². The van der Waals surface area contributed by atoms with Crippen LogP contribution in [0, 0.1) is 5.92 Å². The van der Waals surface area contributed by atoms with Gasteiger partial charge in [0.15, 0.2) is 0 Å². The molecule has 17 heavy (non-hydrogen) atoms. The molecule has 1 unspecified atom stereocenters. The maximum Gasteiger partial charge on any atom is 0.279 e. The second kappa shape index (κ2) is 7.07. The van der Waals surface area contributed by atoms with Crippen LogP contribution in [-0.4, -0.2) is 37.2 Å². The topological polar surface area (TPSA) is 49.4 Å². The van der Waals surface area contributed by atoms with Crippen LogP contribution in [-0.2, 0) is 10.2 Å². The lowest BCUT2D eigenvalue weighted by Gasteiger charge is -2.30. The lowest BCUT2D eigenvalue weighted by Crippen LogP contribution is -2.47. The Balaban J connectivity index is 2.45. The van der Waals surface area contributed by atoms with E-state index in [1.54, 1.807) is 4.31 Å². The molecule has 1 heterocycles. The molecule has 1 atom stereocenters. The molecule has 1 saturated heterocycles. The van der Waals surface area contributed by atoms with E-state index in [2.05, 4.69) is 27.6 Å². The van der Waals surface area contributed by atoms with E-state index in [0.29, 0.717) is 19.0 Å². The first-order valence-corrected chi connectivity index (χ1v) is 8.85. The standard InChI is InChI=1S/C11H23BrN2O2S/c1-10-5-8-14(9-6-10)17(15,16)13-11(2)4-3-7-12/h10-11,13H,3-9H2,1-2H3. The van der Waals surface area contributed by atoms with E-state index in [4.69, 9.17) is 0 Å². The Morgan fingerprint density at radius 2 is 2.00 bits per heavy atom. The zero-order valence-electron chi connectivity index (χ0n) is 10.7. The summed E-state index contributed by atoms with van der Waals surface area (Å²) in [7, 11) is -3.27. The minimum absolute atomic E-state index is 0.0110. The monoisotopic (exact) mass is 326 g/mol. The largest absolute Gasteiger partial charge is 0.279 e. The van der Waals surface area contributed by atoms with Crippen molar-refractivity contribution in [1.29, 1.82) is 0 Å². The fourth-order valence-electron chi connectivity index (χ4n) is 2.00. The highest BCUT2D eigenvalue weighted by Gasteiger charge is 2.27. The maximum absolute atomic E-state index is 12.1. The number of nitrogens with one attached hydrogen (secondary N) is 1. The fourth-order valence-corrected chi connectivity index (χ4v) is 3.79. The average molecular weight is 327 g/mol. The molecule has 1 aliphatic rings. The van der Waals surface area contributed by atoms with Crippen LogP contribution in [0.15, 0.2) is 0 Å². The highest BCUT2D eigenvalue weighted by molar-refractivity contribution is 9.09. The van der Waals surface area contributed by atoms with Crippen LogP contribution in [0.5, 0.6) is 0 Å². The van der Waals surface area contributed by atoms with Gasteiger partial charge in [0.05, 0.1) is 0 Å². The van der Waals surface area contributed by atoms with Gasteiger partial charge in [-0.1, -0.05) is 22.9 Å². The molecule has 1 aliphatic heterocycles. The van der Waals surface area contributed by atoms with Crippen molar-refractivity contribution >= 4 is 26.1 Å². The molecule has 0 aromatic heterocycles. The van der Waals surface area contributed by atoms with Gasteiger partial charge in [-0.15, -0.1) is 0 Å². The van der Waals surface area contributed by atoms with E-state index in [0.717, 1.165) is 31.0 Å². The molecule has 0 aromatic rings. The minimum Gasteiger partial charge on any atom is -0.199 e. The summed E-state index contributed by atoms with van der Waals surface area (Å²) in [5.41, 5.74) is 0. The summed E-state index contributed by atoms with van der Waals surface area (Å²) in [6, 6.07) is 0.0110. The second-order valence-electron chi connectivity index (χ2n) is 4.94. The van der Waals surface area contributed by atoms with Gasteiger partial charge in [-0.3, -0.25) is 0 Å². The normalized spacial score (nSPS) is 21.6. The van der Waals surface area contributed by atoms with Crippen LogP contribution in [0.25, 0.3) is 0 Å². The summed E-state index contributed by atoms with van der Waals surface area (Å²) in [5, 5.41) is 0.917. The van der Waals surface area contributed by atoms with Crippen molar-refractivity contribution in [3.63, 3.8) is 0 Å². The molecular weight excluding hydrogens is 304 g/mol. The summed E-state index contributed by atoms with van der Waals surface area (Å²) in [6.07, 6.45) is 3.79. The molecule has 6 heteroatoms. The Morgan fingerprint density at radius 3 is 2.53 bits per heavy atom. The smallest absolute Gasteiger partial charge is 0.199 e. The Kier molecular flexibility index (Phi) is 6.40. The lowest BCUT2D eigenvalue weighted by molar-refractivity contribution is 0.283. The third kappa shape index (κ3) is 5.24. The Labute approximate surface area is 113 Å². The third-order valence-corrected chi connectivity index (χ3v) is 5.51. The Bertz CT molecular complexity index is 313. The van der Waals surface area contributed by atoms with E-state index in [1.807, 2.05) is 6.92 Å². The number of alkyl halides is 1. The molecule has 4 nitrogen and oxygen atoms in total. The quantitative estimate of drug-likeness (QED) is 0.760. The molecule has 0 bridgehead atoms. The number of rotatable bonds is 6. The number of hydrogen-bond acceptors (Lipinski definition) is 2. The molecule has 102 valence electrons. The van der Waals surface area contributed by atoms with Gasteiger partial charge in [-0.2, -0.15) is 17.4 Å². The number of nitrogens with zero attached hydrogens (tertiary/aromatic N) is 1. The van der Waals surface area contributed by atoms with E-state index in [1.165, 1.54) is 0 Å². The van der Waals surface area contributed by atoms with E-state index < -0.39 is 10.2 Å².